The number of pyridine rings is 1. The van der Waals surface area contributed by atoms with Gasteiger partial charge in [0.15, 0.2) is 5.78 Å². The number of carboxylic acid groups (broad SMARTS) is 1. The zero-order chi connectivity index (χ0) is 22.0. The number of aliphatic carboxylic acids is 1. The van der Waals surface area contributed by atoms with Crippen LogP contribution in [0.2, 0.25) is 0 Å². The van der Waals surface area contributed by atoms with Gasteiger partial charge in [0, 0.05) is 36.5 Å². The van der Waals surface area contributed by atoms with E-state index in [0.717, 1.165) is 23.8 Å². The van der Waals surface area contributed by atoms with Gasteiger partial charge in [-0.2, -0.15) is 0 Å². The average Bonchev–Trinajstić information content (AvgIpc) is 3.15. The predicted molar refractivity (Wildman–Crippen MR) is 120 cm³/mol. The molecule has 0 saturated heterocycles. The number of rotatable bonds is 2. The molecule has 5 heteroatoms. The van der Waals surface area contributed by atoms with Crippen molar-refractivity contribution >= 4 is 22.5 Å². The molecule has 3 aliphatic carbocycles. The van der Waals surface area contributed by atoms with Gasteiger partial charge >= 0.3 is 5.97 Å². The van der Waals surface area contributed by atoms with Crippen LogP contribution in [0, 0.1) is 17.3 Å². The highest BCUT2D eigenvalue weighted by atomic mass is 16.5. The fraction of sp³-hybridized carbons (Fsp3) is 0.370. The van der Waals surface area contributed by atoms with Gasteiger partial charge in [0.1, 0.15) is 11.9 Å². The van der Waals surface area contributed by atoms with Gasteiger partial charge < -0.3 is 9.84 Å². The molecule has 1 N–H and O–H groups in total. The summed E-state index contributed by atoms with van der Waals surface area (Å²) in [6, 6.07) is 8.71. The highest BCUT2D eigenvalue weighted by Crippen LogP contribution is 2.59. The molecule has 4 aliphatic rings. The van der Waals surface area contributed by atoms with E-state index >= 15 is 0 Å². The van der Waals surface area contributed by atoms with E-state index < -0.39 is 11.9 Å². The fourth-order valence-corrected chi connectivity index (χ4v) is 6.34. The van der Waals surface area contributed by atoms with Crippen molar-refractivity contribution in [3.8, 4) is 0 Å². The number of hydrogen-bond donors (Lipinski definition) is 1. The number of ether oxygens (including phenoxy) is 1. The quantitative estimate of drug-likeness (QED) is 0.734. The number of carboxylic acids is 1. The first-order chi connectivity index (χ1) is 15.4. The highest BCUT2D eigenvalue weighted by molar-refractivity contribution is 6.02. The van der Waals surface area contributed by atoms with Crippen LogP contribution in [-0.2, 0) is 14.3 Å². The monoisotopic (exact) mass is 427 g/mol. The molecule has 5 nitrogen and oxygen atoms in total. The summed E-state index contributed by atoms with van der Waals surface area (Å²) in [5.41, 5.74) is 2.86. The number of allylic oxidation sites excluding steroid dienone is 4. The largest absolute Gasteiger partial charge is 0.489 e. The number of carbonyl (C=O) groups excluding carboxylic acids is 1. The van der Waals surface area contributed by atoms with Gasteiger partial charge in [-0.05, 0) is 58.9 Å². The number of hydrogen-bond acceptors (Lipinski definition) is 4. The van der Waals surface area contributed by atoms with Crippen molar-refractivity contribution in [2.45, 2.75) is 44.6 Å². The average molecular weight is 428 g/mol. The van der Waals surface area contributed by atoms with Crippen molar-refractivity contribution in [3.05, 3.63) is 77.4 Å². The first kappa shape index (κ1) is 19.5. The SMILES string of the molecule is C[C@]12C=CC3=CC4=C(CC(C(=O)O)CC4=O)O[C@H]3[C@@H]1CC[C@@H]2c1ccc2ccncc2c1. The van der Waals surface area contributed by atoms with Gasteiger partial charge in [0.2, 0.25) is 0 Å². The van der Waals surface area contributed by atoms with Crippen LogP contribution in [-0.4, -0.2) is 27.9 Å². The van der Waals surface area contributed by atoms with Crippen molar-refractivity contribution in [2.75, 3.05) is 0 Å². The number of Topliss-reactive ketones (excluding diaryl/α,β-unsaturated/α-hetero) is 1. The van der Waals surface area contributed by atoms with Crippen LogP contribution in [0.3, 0.4) is 0 Å². The molecule has 1 aromatic heterocycles. The summed E-state index contributed by atoms with van der Waals surface area (Å²) < 4.78 is 6.44. The zero-order valence-electron chi connectivity index (χ0n) is 18.0. The number of carbonyl (C=O) groups is 2. The molecule has 2 aromatic rings. The van der Waals surface area contributed by atoms with E-state index in [4.69, 9.17) is 4.74 Å². The molecule has 1 saturated carbocycles. The van der Waals surface area contributed by atoms with Crippen LogP contribution in [0.5, 0.6) is 0 Å². The zero-order valence-corrected chi connectivity index (χ0v) is 18.0. The summed E-state index contributed by atoms with van der Waals surface area (Å²) in [5, 5.41) is 11.8. The second kappa shape index (κ2) is 6.89. The Labute approximate surface area is 186 Å². The summed E-state index contributed by atoms with van der Waals surface area (Å²) in [6.45, 7) is 2.31. The summed E-state index contributed by atoms with van der Waals surface area (Å²) >= 11 is 0. The van der Waals surface area contributed by atoms with Crippen molar-refractivity contribution in [2.24, 2.45) is 17.3 Å². The van der Waals surface area contributed by atoms with E-state index in [1.54, 1.807) is 0 Å². The molecule has 162 valence electrons. The van der Waals surface area contributed by atoms with E-state index in [1.165, 1.54) is 10.9 Å². The van der Waals surface area contributed by atoms with Gasteiger partial charge in [0.05, 0.1) is 11.5 Å². The minimum atomic E-state index is -0.927. The standard InChI is InChI=1S/C27H25NO4/c1-27-8-6-17-11-20-23(29)12-18(26(30)31)13-24(20)32-25(17)22(27)5-4-21(27)16-3-2-15-7-9-28-14-19(15)10-16/h2-3,6-11,14,18,21-22,25H,4-5,12-13H2,1H3,(H,30,31)/t18?,21-,22+,25-,27-/m1/s1. The van der Waals surface area contributed by atoms with Crippen LogP contribution in [0.25, 0.3) is 10.8 Å². The van der Waals surface area contributed by atoms with Gasteiger partial charge in [-0.1, -0.05) is 31.2 Å². The second-order valence-electron chi connectivity index (χ2n) is 9.80. The Hall–Kier alpha value is -3.21. The predicted octanol–water partition coefficient (Wildman–Crippen LogP) is 4.95. The Morgan fingerprint density at radius 2 is 2.06 bits per heavy atom. The maximum atomic E-state index is 12.6. The van der Waals surface area contributed by atoms with Crippen molar-refractivity contribution in [1.29, 1.82) is 0 Å². The Kier molecular flexibility index (Phi) is 4.19. The normalized spacial score (nSPS) is 33.3. The number of aromatic nitrogens is 1. The van der Waals surface area contributed by atoms with Crippen molar-refractivity contribution in [1.82, 2.24) is 4.98 Å². The molecule has 0 bridgehead atoms. The summed E-state index contributed by atoms with van der Waals surface area (Å²) in [7, 11) is 0. The Bertz CT molecular complexity index is 1260. The molecule has 1 aliphatic heterocycles. The number of ketones is 1. The van der Waals surface area contributed by atoms with E-state index in [9.17, 15) is 14.7 Å². The van der Waals surface area contributed by atoms with Crippen LogP contribution < -0.4 is 0 Å². The molecule has 0 amide bonds. The third-order valence-corrected chi connectivity index (χ3v) is 8.11. The lowest BCUT2D eigenvalue weighted by atomic mass is 9.64. The van der Waals surface area contributed by atoms with Crippen molar-refractivity contribution < 1.29 is 19.4 Å². The molecular weight excluding hydrogens is 402 g/mol. The smallest absolute Gasteiger partial charge is 0.307 e. The molecule has 0 spiro atoms. The topological polar surface area (TPSA) is 76.5 Å². The second-order valence-corrected chi connectivity index (χ2v) is 9.80. The molecule has 1 aromatic carbocycles. The number of fused-ring (bicyclic) bond motifs is 4. The number of nitrogens with zero attached hydrogens (tertiary/aromatic N) is 1. The molecule has 5 atom stereocenters. The van der Waals surface area contributed by atoms with Gasteiger partial charge in [-0.15, -0.1) is 0 Å². The summed E-state index contributed by atoms with van der Waals surface area (Å²) in [4.78, 5) is 28.4. The molecule has 1 unspecified atom stereocenters. The van der Waals surface area contributed by atoms with Crippen LogP contribution in [0.15, 0.2) is 71.8 Å². The lowest BCUT2D eigenvalue weighted by molar-refractivity contribution is -0.144. The molecule has 6 rings (SSSR count). The van der Waals surface area contributed by atoms with Crippen LogP contribution in [0.4, 0.5) is 0 Å². The van der Waals surface area contributed by atoms with Gasteiger partial charge in [-0.25, -0.2) is 0 Å². The Balaban J connectivity index is 1.35. The minimum Gasteiger partial charge on any atom is -0.489 e. The molecular formula is C27H25NO4. The summed E-state index contributed by atoms with van der Waals surface area (Å²) in [5.74, 6) is -0.523. The van der Waals surface area contributed by atoms with Gasteiger partial charge in [-0.3, -0.25) is 14.6 Å². The molecule has 0 radical (unpaired) electrons. The van der Waals surface area contributed by atoms with Crippen LogP contribution in [0.1, 0.15) is 44.1 Å². The minimum absolute atomic E-state index is 0.0513. The van der Waals surface area contributed by atoms with E-state index in [-0.39, 0.29) is 29.6 Å². The van der Waals surface area contributed by atoms with E-state index in [2.05, 4.69) is 42.3 Å². The third kappa shape index (κ3) is 2.80. The van der Waals surface area contributed by atoms with Crippen molar-refractivity contribution in [3.63, 3.8) is 0 Å². The Morgan fingerprint density at radius 1 is 1.19 bits per heavy atom. The lowest BCUT2D eigenvalue weighted by Crippen LogP contribution is -2.41. The lowest BCUT2D eigenvalue weighted by Gasteiger charge is -2.44. The molecule has 1 fully saturated rings. The maximum absolute atomic E-state index is 12.6. The van der Waals surface area contributed by atoms with E-state index in [0.29, 0.717) is 23.7 Å². The van der Waals surface area contributed by atoms with Gasteiger partial charge in [0.25, 0.3) is 0 Å². The first-order valence-corrected chi connectivity index (χ1v) is 11.3. The summed E-state index contributed by atoms with van der Waals surface area (Å²) in [6.07, 6.45) is 12.4. The molecule has 2 heterocycles. The highest BCUT2D eigenvalue weighted by Gasteiger charge is 2.53. The number of benzene rings is 1. The Morgan fingerprint density at radius 3 is 2.91 bits per heavy atom. The molecule has 32 heavy (non-hydrogen) atoms. The van der Waals surface area contributed by atoms with Crippen LogP contribution >= 0.6 is 0 Å². The maximum Gasteiger partial charge on any atom is 0.307 e. The fourth-order valence-electron chi connectivity index (χ4n) is 6.34. The third-order valence-electron chi connectivity index (χ3n) is 8.11. The first-order valence-electron chi connectivity index (χ1n) is 11.3. The van der Waals surface area contributed by atoms with E-state index in [1.807, 2.05) is 24.5 Å².